The lowest BCUT2D eigenvalue weighted by Gasteiger charge is -2.17. The van der Waals surface area contributed by atoms with Gasteiger partial charge in [0, 0.05) is 28.7 Å². The molecule has 0 unspecified atom stereocenters. The van der Waals surface area contributed by atoms with Gasteiger partial charge in [-0.3, -0.25) is 9.59 Å². The van der Waals surface area contributed by atoms with Gasteiger partial charge in [0.15, 0.2) is 0 Å². The Morgan fingerprint density at radius 2 is 1.66 bits per heavy atom. The number of aryl methyl sites for hydroxylation is 1. The maximum absolute atomic E-state index is 12.4. The summed E-state index contributed by atoms with van der Waals surface area (Å²) in [6.45, 7) is 3.71. The second-order valence-electron chi connectivity index (χ2n) is 6.77. The first-order valence-corrected chi connectivity index (χ1v) is 11.4. The number of aliphatic carboxylic acids is 1. The number of rotatable bonds is 10. The third kappa shape index (κ3) is 7.95. The molecule has 2 N–H and O–H groups in total. The predicted molar refractivity (Wildman–Crippen MR) is 119 cm³/mol. The molecule has 0 aliphatic rings. The van der Waals surface area contributed by atoms with Crippen molar-refractivity contribution in [1.29, 1.82) is 0 Å². The molecular formula is C22H25NO4S2. The zero-order valence-corrected chi connectivity index (χ0v) is 18.1. The van der Waals surface area contributed by atoms with Gasteiger partial charge in [-0.15, -0.1) is 0 Å². The molecule has 0 bridgehead atoms. The van der Waals surface area contributed by atoms with Crippen LogP contribution in [-0.2, 0) is 15.3 Å². The van der Waals surface area contributed by atoms with E-state index in [1.54, 1.807) is 31.2 Å². The Morgan fingerprint density at radius 1 is 1.00 bits per heavy atom. The van der Waals surface area contributed by atoms with E-state index in [0.29, 0.717) is 17.1 Å². The van der Waals surface area contributed by atoms with Crippen LogP contribution in [0.25, 0.3) is 0 Å². The molecular weight excluding hydrogens is 406 g/mol. The topological polar surface area (TPSA) is 83.5 Å². The molecule has 0 aromatic heterocycles. The summed E-state index contributed by atoms with van der Waals surface area (Å²) in [4.78, 5) is 36.0. The number of benzene rings is 2. The molecule has 1 amide bonds. The molecule has 5 nitrogen and oxygen atoms in total. The second-order valence-corrected chi connectivity index (χ2v) is 8.79. The lowest BCUT2D eigenvalue weighted by atomic mass is 10.2. The van der Waals surface area contributed by atoms with Crippen LogP contribution in [0.15, 0.2) is 54.6 Å². The molecule has 0 saturated heterocycles. The number of carbonyl (C=O) groups excluding carboxylic acids is 2. The lowest BCUT2D eigenvalue weighted by Crippen LogP contribution is -2.45. The van der Waals surface area contributed by atoms with Crippen LogP contribution < -0.4 is 5.32 Å². The number of amides is 1. The van der Waals surface area contributed by atoms with Crippen LogP contribution in [0.4, 0.5) is 0 Å². The third-order valence-electron chi connectivity index (χ3n) is 4.21. The van der Waals surface area contributed by atoms with Gasteiger partial charge in [-0.1, -0.05) is 78.8 Å². The highest BCUT2D eigenvalue weighted by atomic mass is 32.2. The summed E-state index contributed by atoms with van der Waals surface area (Å²) in [5, 5.41) is 11.9. The molecule has 0 spiro atoms. The van der Waals surface area contributed by atoms with Crippen molar-refractivity contribution in [1.82, 2.24) is 5.32 Å². The largest absolute Gasteiger partial charge is 0.480 e. The van der Waals surface area contributed by atoms with Crippen molar-refractivity contribution in [3.8, 4) is 0 Å². The van der Waals surface area contributed by atoms with Crippen LogP contribution in [0.5, 0.6) is 0 Å². The van der Waals surface area contributed by atoms with E-state index in [2.05, 4.69) is 5.32 Å². The minimum atomic E-state index is -1.06. The SMILES string of the molecule is Cc1ccc(CSC[C@@H](NC(=O)[C@H](C)CSC(=O)c2ccccc2)C(=O)O)cc1. The van der Waals surface area contributed by atoms with E-state index in [-0.39, 0.29) is 16.8 Å². The normalized spacial score (nSPS) is 12.8. The van der Waals surface area contributed by atoms with E-state index < -0.39 is 17.9 Å². The number of carbonyl (C=O) groups is 3. The summed E-state index contributed by atoms with van der Waals surface area (Å²) in [6.07, 6.45) is 0. The van der Waals surface area contributed by atoms with Gasteiger partial charge in [-0.2, -0.15) is 11.8 Å². The van der Waals surface area contributed by atoms with Gasteiger partial charge in [0.05, 0.1) is 0 Å². The second kappa shape index (κ2) is 11.7. The Kier molecular flexibility index (Phi) is 9.28. The van der Waals surface area contributed by atoms with Crippen LogP contribution in [-0.4, -0.2) is 39.6 Å². The monoisotopic (exact) mass is 431 g/mol. The van der Waals surface area contributed by atoms with Gasteiger partial charge in [0.2, 0.25) is 11.0 Å². The van der Waals surface area contributed by atoms with Crippen molar-refractivity contribution in [3.05, 3.63) is 71.3 Å². The fraction of sp³-hybridized carbons (Fsp3) is 0.318. The zero-order valence-electron chi connectivity index (χ0n) is 16.5. The molecule has 154 valence electrons. The third-order valence-corrected chi connectivity index (χ3v) is 6.48. The number of carboxylic acid groups (broad SMARTS) is 1. The molecule has 0 radical (unpaired) electrons. The van der Waals surface area contributed by atoms with E-state index in [1.165, 1.54) is 17.3 Å². The number of nitrogens with one attached hydrogen (secondary N) is 1. The van der Waals surface area contributed by atoms with Crippen molar-refractivity contribution in [2.24, 2.45) is 5.92 Å². The maximum Gasteiger partial charge on any atom is 0.327 e. The van der Waals surface area contributed by atoms with E-state index in [9.17, 15) is 19.5 Å². The first-order valence-electron chi connectivity index (χ1n) is 9.25. The van der Waals surface area contributed by atoms with Gasteiger partial charge >= 0.3 is 5.97 Å². The van der Waals surface area contributed by atoms with Gasteiger partial charge in [0.25, 0.3) is 0 Å². The molecule has 2 aromatic rings. The number of carboxylic acids is 1. The van der Waals surface area contributed by atoms with Gasteiger partial charge in [-0.05, 0) is 12.5 Å². The van der Waals surface area contributed by atoms with E-state index in [0.717, 1.165) is 17.3 Å². The average Bonchev–Trinajstić information content (AvgIpc) is 2.72. The predicted octanol–water partition coefficient (Wildman–Crippen LogP) is 4.01. The summed E-state index contributed by atoms with van der Waals surface area (Å²) >= 11 is 2.53. The van der Waals surface area contributed by atoms with Crippen molar-refractivity contribution in [3.63, 3.8) is 0 Å². The smallest absolute Gasteiger partial charge is 0.327 e. The minimum Gasteiger partial charge on any atom is -0.480 e. The highest BCUT2D eigenvalue weighted by Gasteiger charge is 2.23. The standard InChI is InChI=1S/C22H25NO4S2/c1-15-8-10-17(11-9-15)13-28-14-19(21(25)26)23-20(24)16(2)12-29-22(27)18-6-4-3-5-7-18/h3-11,16,19H,12-14H2,1-2H3,(H,23,24)(H,25,26)/t16-,19-/m1/s1. The average molecular weight is 432 g/mol. The molecule has 0 heterocycles. The van der Waals surface area contributed by atoms with Gasteiger partial charge < -0.3 is 10.4 Å². The molecule has 0 aliphatic heterocycles. The van der Waals surface area contributed by atoms with Crippen LogP contribution >= 0.6 is 23.5 Å². The Morgan fingerprint density at radius 3 is 2.28 bits per heavy atom. The van der Waals surface area contributed by atoms with E-state index in [4.69, 9.17) is 0 Å². The van der Waals surface area contributed by atoms with Gasteiger partial charge in [-0.25, -0.2) is 4.79 Å². The summed E-state index contributed by atoms with van der Waals surface area (Å²) < 4.78 is 0. The first kappa shape index (κ1) is 23.0. The quantitative estimate of drug-likeness (QED) is 0.591. The van der Waals surface area contributed by atoms with Crippen molar-refractivity contribution in [2.75, 3.05) is 11.5 Å². The molecule has 2 aromatic carbocycles. The minimum absolute atomic E-state index is 0.103. The highest BCUT2D eigenvalue weighted by molar-refractivity contribution is 8.14. The summed E-state index contributed by atoms with van der Waals surface area (Å²) in [6, 6.07) is 16.0. The maximum atomic E-state index is 12.4. The zero-order chi connectivity index (χ0) is 21.2. The van der Waals surface area contributed by atoms with E-state index in [1.807, 2.05) is 37.3 Å². The molecule has 29 heavy (non-hydrogen) atoms. The lowest BCUT2D eigenvalue weighted by molar-refractivity contribution is -0.141. The molecule has 0 saturated carbocycles. The Bertz CT molecular complexity index is 824. The van der Waals surface area contributed by atoms with E-state index >= 15 is 0 Å². The molecule has 0 aliphatic carbocycles. The number of thioether (sulfide) groups is 2. The summed E-state index contributed by atoms with van der Waals surface area (Å²) in [5.41, 5.74) is 2.87. The molecule has 2 atom stereocenters. The van der Waals surface area contributed by atoms with Crippen LogP contribution in [0.3, 0.4) is 0 Å². The first-order chi connectivity index (χ1) is 13.9. The van der Waals surface area contributed by atoms with Crippen molar-refractivity contribution < 1.29 is 19.5 Å². The highest BCUT2D eigenvalue weighted by Crippen LogP contribution is 2.17. The van der Waals surface area contributed by atoms with Crippen LogP contribution in [0, 0.1) is 12.8 Å². The van der Waals surface area contributed by atoms with Gasteiger partial charge in [0.1, 0.15) is 6.04 Å². The summed E-state index contributed by atoms with van der Waals surface area (Å²) in [5.74, 6) is -0.648. The molecule has 7 heteroatoms. The fourth-order valence-electron chi connectivity index (χ4n) is 2.40. The van der Waals surface area contributed by atoms with Crippen LogP contribution in [0.2, 0.25) is 0 Å². The van der Waals surface area contributed by atoms with Crippen molar-refractivity contribution >= 4 is 40.5 Å². The van der Waals surface area contributed by atoms with Crippen LogP contribution in [0.1, 0.15) is 28.4 Å². The number of hydrogen-bond donors (Lipinski definition) is 2. The Hall–Kier alpha value is -2.25. The molecule has 0 fully saturated rings. The molecule has 2 rings (SSSR count). The Labute approximate surface area is 179 Å². The van der Waals surface area contributed by atoms with Crippen molar-refractivity contribution in [2.45, 2.75) is 25.6 Å². The Balaban J connectivity index is 1.79. The number of hydrogen-bond acceptors (Lipinski definition) is 5. The fourth-order valence-corrected chi connectivity index (χ4v) is 4.26. The summed E-state index contributed by atoms with van der Waals surface area (Å²) in [7, 11) is 0.